The lowest BCUT2D eigenvalue weighted by Gasteiger charge is -2.20. The van der Waals surface area contributed by atoms with Crippen molar-refractivity contribution < 1.29 is 9.59 Å². The molecule has 2 N–H and O–H groups in total. The summed E-state index contributed by atoms with van der Waals surface area (Å²) < 4.78 is 1.64. The fourth-order valence-corrected chi connectivity index (χ4v) is 2.79. The Morgan fingerprint density at radius 1 is 1.21 bits per heavy atom. The highest BCUT2D eigenvalue weighted by Crippen LogP contribution is 2.27. The number of fused-ring (bicyclic) bond motifs is 1. The Bertz CT molecular complexity index is 647. The van der Waals surface area contributed by atoms with E-state index in [2.05, 4.69) is 0 Å². The second-order valence-corrected chi connectivity index (χ2v) is 5.12. The second-order valence-electron chi connectivity index (χ2n) is 5.12. The third-order valence-corrected chi connectivity index (χ3v) is 3.87. The highest BCUT2D eigenvalue weighted by molar-refractivity contribution is 5.99. The highest BCUT2D eigenvalue weighted by Gasteiger charge is 2.26. The van der Waals surface area contributed by atoms with E-state index in [-0.39, 0.29) is 17.6 Å². The van der Waals surface area contributed by atoms with Crippen LogP contribution in [-0.4, -0.2) is 16.3 Å². The first-order chi connectivity index (χ1) is 9.16. The van der Waals surface area contributed by atoms with Gasteiger partial charge < -0.3 is 5.73 Å². The molecule has 0 aliphatic heterocycles. The van der Waals surface area contributed by atoms with Crippen LogP contribution in [0.5, 0.6) is 0 Å². The molecule has 1 aromatic carbocycles. The van der Waals surface area contributed by atoms with Crippen molar-refractivity contribution in [2.45, 2.75) is 25.7 Å². The van der Waals surface area contributed by atoms with Gasteiger partial charge in [-0.2, -0.15) is 0 Å². The van der Waals surface area contributed by atoms with Gasteiger partial charge in [-0.1, -0.05) is 12.1 Å². The summed E-state index contributed by atoms with van der Waals surface area (Å²) in [6.07, 6.45) is 4.13. The van der Waals surface area contributed by atoms with Gasteiger partial charge in [0.15, 0.2) is 0 Å². The maximum absolute atomic E-state index is 12.5. The lowest BCUT2D eigenvalue weighted by molar-refractivity contribution is -0.120. The van der Waals surface area contributed by atoms with Crippen LogP contribution >= 0.6 is 0 Å². The normalized spacial score (nSPS) is 16.9. The maximum atomic E-state index is 12.5. The van der Waals surface area contributed by atoms with Crippen LogP contribution in [0, 0.1) is 5.92 Å². The Morgan fingerprint density at radius 3 is 2.68 bits per heavy atom. The molecule has 0 bridgehead atoms. The molecule has 2 aromatic rings. The van der Waals surface area contributed by atoms with Crippen LogP contribution in [0.15, 0.2) is 30.5 Å². The van der Waals surface area contributed by atoms with Crippen LogP contribution in [0.2, 0.25) is 0 Å². The minimum Gasteiger partial charge on any atom is -0.397 e. The molecule has 0 amide bonds. The number of para-hydroxylation sites is 1. The first kappa shape index (κ1) is 12.0. The lowest BCUT2D eigenvalue weighted by atomic mass is 9.88. The summed E-state index contributed by atoms with van der Waals surface area (Å²) in [4.78, 5) is 23.8. The molecule has 0 unspecified atom stereocenters. The van der Waals surface area contributed by atoms with Crippen molar-refractivity contribution in [1.82, 2.24) is 4.57 Å². The predicted octanol–water partition coefficient (Wildman–Crippen LogP) is 2.62. The van der Waals surface area contributed by atoms with Crippen LogP contribution in [0.4, 0.5) is 5.69 Å². The smallest absolute Gasteiger partial charge is 0.234 e. The number of anilines is 1. The van der Waals surface area contributed by atoms with E-state index < -0.39 is 0 Å². The molecule has 0 saturated heterocycles. The molecule has 19 heavy (non-hydrogen) atoms. The van der Waals surface area contributed by atoms with Crippen LogP contribution in [-0.2, 0) is 4.79 Å². The average molecular weight is 256 g/mol. The largest absolute Gasteiger partial charge is 0.397 e. The van der Waals surface area contributed by atoms with Gasteiger partial charge in [0, 0.05) is 30.3 Å². The van der Waals surface area contributed by atoms with Gasteiger partial charge in [-0.15, -0.1) is 0 Å². The number of aromatic nitrogens is 1. The number of Topliss-reactive ketones (excluding diaryl/α,β-unsaturated/α-hetero) is 1. The molecule has 0 atom stereocenters. The average Bonchev–Trinajstić information content (AvgIpc) is 2.84. The number of nitrogens with two attached hydrogens (primary N) is 1. The lowest BCUT2D eigenvalue weighted by Crippen LogP contribution is -2.26. The molecule has 3 rings (SSSR count). The molecule has 1 saturated carbocycles. The number of nitrogens with zero attached hydrogens (tertiary/aromatic N) is 1. The van der Waals surface area contributed by atoms with E-state index in [1.165, 1.54) is 0 Å². The molecule has 0 radical (unpaired) electrons. The molecule has 4 heteroatoms. The number of carbonyl (C=O) groups excluding carboxylic acids is 2. The number of rotatable bonds is 1. The van der Waals surface area contributed by atoms with E-state index in [4.69, 9.17) is 5.73 Å². The van der Waals surface area contributed by atoms with Crippen LogP contribution in [0.3, 0.4) is 0 Å². The number of nitrogen functional groups attached to an aromatic ring is 1. The Hall–Kier alpha value is -2.10. The summed E-state index contributed by atoms with van der Waals surface area (Å²) in [5.74, 6) is 0.259. The summed E-state index contributed by atoms with van der Waals surface area (Å²) in [5, 5.41) is 0.972. The van der Waals surface area contributed by atoms with Crippen molar-refractivity contribution in [1.29, 1.82) is 0 Å². The van der Waals surface area contributed by atoms with Crippen LogP contribution < -0.4 is 5.73 Å². The number of ketones is 1. The summed E-state index contributed by atoms with van der Waals surface area (Å²) in [7, 11) is 0. The standard InChI is InChI=1S/C15H16N2O2/c16-13-3-1-2-10-8-9-17(14(10)13)15(19)11-4-6-12(18)7-5-11/h1-3,8-9,11H,4-7,16H2. The molecular weight excluding hydrogens is 240 g/mol. The molecule has 0 spiro atoms. The van der Waals surface area contributed by atoms with Gasteiger partial charge in [0.25, 0.3) is 0 Å². The third-order valence-electron chi connectivity index (χ3n) is 3.87. The summed E-state index contributed by atoms with van der Waals surface area (Å²) in [6.45, 7) is 0. The Balaban J connectivity index is 1.96. The molecule has 1 heterocycles. The second kappa shape index (κ2) is 4.53. The van der Waals surface area contributed by atoms with Gasteiger partial charge in [0.1, 0.15) is 5.78 Å². The van der Waals surface area contributed by atoms with Crippen molar-refractivity contribution >= 4 is 28.3 Å². The Morgan fingerprint density at radius 2 is 1.95 bits per heavy atom. The van der Waals surface area contributed by atoms with Crippen molar-refractivity contribution in [3.8, 4) is 0 Å². The zero-order chi connectivity index (χ0) is 13.4. The van der Waals surface area contributed by atoms with Crippen LogP contribution in [0.1, 0.15) is 30.5 Å². The minimum absolute atomic E-state index is 0.0559. The molecule has 1 fully saturated rings. The van der Waals surface area contributed by atoms with Gasteiger partial charge in [-0.05, 0) is 25.0 Å². The van der Waals surface area contributed by atoms with E-state index >= 15 is 0 Å². The van der Waals surface area contributed by atoms with Crippen molar-refractivity contribution in [2.75, 3.05) is 5.73 Å². The summed E-state index contributed by atoms with van der Waals surface area (Å²) >= 11 is 0. The minimum atomic E-state index is -0.0621. The highest BCUT2D eigenvalue weighted by atomic mass is 16.2. The van der Waals surface area contributed by atoms with Gasteiger partial charge in [0.05, 0.1) is 11.2 Å². The molecule has 1 aliphatic carbocycles. The van der Waals surface area contributed by atoms with Crippen molar-refractivity contribution in [2.24, 2.45) is 5.92 Å². The number of hydrogen-bond donors (Lipinski definition) is 1. The maximum Gasteiger partial charge on any atom is 0.234 e. The first-order valence-corrected chi connectivity index (χ1v) is 6.58. The summed E-state index contributed by atoms with van der Waals surface area (Å²) in [6, 6.07) is 7.53. The van der Waals surface area contributed by atoms with Gasteiger partial charge in [-0.3, -0.25) is 14.2 Å². The van der Waals surface area contributed by atoms with E-state index in [9.17, 15) is 9.59 Å². The zero-order valence-corrected chi connectivity index (χ0v) is 10.6. The van der Waals surface area contributed by atoms with Crippen molar-refractivity contribution in [3.63, 3.8) is 0 Å². The number of carbonyl (C=O) groups is 2. The van der Waals surface area contributed by atoms with Gasteiger partial charge in [0.2, 0.25) is 5.91 Å². The van der Waals surface area contributed by atoms with Crippen LogP contribution in [0.25, 0.3) is 10.9 Å². The monoisotopic (exact) mass is 256 g/mol. The zero-order valence-electron chi connectivity index (χ0n) is 10.6. The molecule has 1 aromatic heterocycles. The molecular formula is C15H16N2O2. The van der Waals surface area contributed by atoms with E-state index in [1.54, 1.807) is 16.8 Å². The quantitative estimate of drug-likeness (QED) is 0.798. The topological polar surface area (TPSA) is 65.1 Å². The SMILES string of the molecule is Nc1cccc2ccn(C(=O)C3CCC(=O)CC3)c12. The fourth-order valence-electron chi connectivity index (χ4n) is 2.79. The molecule has 1 aliphatic rings. The van der Waals surface area contributed by atoms with Crippen molar-refractivity contribution in [3.05, 3.63) is 30.5 Å². The Labute approximate surface area is 111 Å². The van der Waals surface area contributed by atoms with E-state index in [0.717, 1.165) is 10.9 Å². The van der Waals surface area contributed by atoms with E-state index in [0.29, 0.717) is 31.4 Å². The Kier molecular flexibility index (Phi) is 2.85. The van der Waals surface area contributed by atoms with Gasteiger partial charge >= 0.3 is 0 Å². The molecule has 98 valence electrons. The summed E-state index contributed by atoms with van der Waals surface area (Å²) in [5.41, 5.74) is 7.36. The molecule has 4 nitrogen and oxygen atoms in total. The van der Waals surface area contributed by atoms with Gasteiger partial charge in [-0.25, -0.2) is 0 Å². The first-order valence-electron chi connectivity index (χ1n) is 6.58. The number of benzene rings is 1. The van der Waals surface area contributed by atoms with E-state index in [1.807, 2.05) is 18.2 Å². The third kappa shape index (κ3) is 2.03. The fraction of sp³-hybridized carbons (Fsp3) is 0.333. The predicted molar refractivity (Wildman–Crippen MR) is 73.9 cm³/mol. The number of hydrogen-bond acceptors (Lipinski definition) is 3.